The average molecular weight is 497 g/mol. The Morgan fingerprint density at radius 2 is 1.91 bits per heavy atom. The zero-order valence-electron chi connectivity index (χ0n) is 20.9. The van der Waals surface area contributed by atoms with E-state index < -0.39 is 60.9 Å². The number of aliphatic hydroxyl groups excluding tert-OH is 3. The molecule has 0 saturated carbocycles. The highest BCUT2D eigenvalue weighted by atomic mass is 16.7. The molecule has 3 heterocycles. The first kappa shape index (κ1) is 27.4. The normalized spacial score (nSPS) is 36.3. The van der Waals surface area contributed by atoms with Crippen LogP contribution >= 0.6 is 0 Å². The van der Waals surface area contributed by atoms with Crippen molar-refractivity contribution in [3.05, 3.63) is 34.4 Å². The van der Waals surface area contributed by atoms with Crippen LogP contribution in [-0.2, 0) is 19.0 Å². The Morgan fingerprint density at radius 3 is 2.49 bits per heavy atom. The second kappa shape index (κ2) is 11.2. The van der Waals surface area contributed by atoms with Gasteiger partial charge in [-0.25, -0.2) is 4.79 Å². The summed E-state index contributed by atoms with van der Waals surface area (Å²) in [5, 5.41) is 34.4. The molecule has 1 amide bonds. The van der Waals surface area contributed by atoms with E-state index in [9.17, 15) is 24.9 Å². The number of anilines is 1. The van der Waals surface area contributed by atoms with Crippen molar-refractivity contribution in [3.8, 4) is 0 Å². The average Bonchev–Trinajstić information content (AvgIpc) is 2.78. The zero-order chi connectivity index (χ0) is 26.0. The molecule has 2 fully saturated rings. The number of hydrogen-bond acceptors (Lipinski definition) is 10. The Morgan fingerprint density at radius 1 is 1.23 bits per heavy atom. The van der Waals surface area contributed by atoms with Gasteiger partial charge in [0.2, 0.25) is 0 Å². The first-order valence-electron chi connectivity index (χ1n) is 11.6. The molecule has 3 rings (SSSR count). The lowest BCUT2D eigenvalue weighted by Gasteiger charge is -2.46. The molecule has 12 nitrogen and oxygen atoms in total. The number of ether oxygens (including phenoxy) is 3. The molecule has 0 bridgehead atoms. The summed E-state index contributed by atoms with van der Waals surface area (Å²) in [6.45, 7) is 6.82. The van der Waals surface area contributed by atoms with Gasteiger partial charge in [-0.1, -0.05) is 6.08 Å². The van der Waals surface area contributed by atoms with Gasteiger partial charge in [0.25, 0.3) is 5.91 Å². The summed E-state index contributed by atoms with van der Waals surface area (Å²) in [4.78, 5) is 30.2. The monoisotopic (exact) mass is 496 g/mol. The molecule has 0 spiro atoms. The number of aromatic nitrogens is 2. The van der Waals surface area contributed by atoms with E-state index in [2.05, 4.69) is 10.3 Å². The molecule has 12 heteroatoms. The van der Waals surface area contributed by atoms with Gasteiger partial charge in [0.1, 0.15) is 30.4 Å². The van der Waals surface area contributed by atoms with Gasteiger partial charge in [-0.05, 0) is 47.9 Å². The highest BCUT2D eigenvalue weighted by molar-refractivity contribution is 6.02. The highest BCUT2D eigenvalue weighted by Gasteiger charge is 2.47. The summed E-state index contributed by atoms with van der Waals surface area (Å²) < 4.78 is 18.8. The van der Waals surface area contributed by atoms with Crippen LogP contribution in [0, 0.1) is 0 Å². The van der Waals surface area contributed by atoms with Crippen molar-refractivity contribution in [1.82, 2.24) is 14.5 Å². The van der Waals surface area contributed by atoms with E-state index >= 15 is 0 Å². The largest absolute Gasteiger partial charge is 0.390 e. The molecule has 2 aliphatic heterocycles. The minimum atomic E-state index is -1.32. The molecule has 9 unspecified atom stereocenters. The fraction of sp³-hybridized carbons (Fsp3) is 0.696. The van der Waals surface area contributed by atoms with Gasteiger partial charge in [0.15, 0.2) is 6.29 Å². The third-order valence-electron chi connectivity index (χ3n) is 6.53. The number of likely N-dealkylation sites (N-methyl/N-ethyl adjacent to an activating group) is 1. The summed E-state index contributed by atoms with van der Waals surface area (Å²) in [5.41, 5.74) is -0.164. The second-order valence-electron chi connectivity index (χ2n) is 9.27. The van der Waals surface area contributed by atoms with Crippen molar-refractivity contribution in [3.63, 3.8) is 0 Å². The van der Waals surface area contributed by atoms with Crippen molar-refractivity contribution in [2.45, 2.75) is 89.3 Å². The summed E-state index contributed by atoms with van der Waals surface area (Å²) in [5.74, 6) is -0.256. The van der Waals surface area contributed by atoms with E-state index in [0.29, 0.717) is 5.57 Å². The lowest BCUT2D eigenvalue weighted by atomic mass is 9.95. The van der Waals surface area contributed by atoms with Crippen molar-refractivity contribution in [2.24, 2.45) is 0 Å². The van der Waals surface area contributed by atoms with Gasteiger partial charge < -0.3 is 39.7 Å². The highest BCUT2D eigenvalue weighted by Crippen LogP contribution is 2.32. The maximum Gasteiger partial charge on any atom is 0.351 e. The minimum absolute atomic E-state index is 0.0151. The van der Waals surface area contributed by atoms with E-state index in [4.69, 9.17) is 14.2 Å². The van der Waals surface area contributed by atoms with Crippen LogP contribution in [0.25, 0.3) is 0 Å². The predicted octanol–water partition coefficient (Wildman–Crippen LogP) is -0.402. The number of nitrogens with one attached hydrogen (secondary N) is 1. The topological polar surface area (TPSA) is 156 Å². The van der Waals surface area contributed by atoms with E-state index in [-0.39, 0.29) is 18.1 Å². The van der Waals surface area contributed by atoms with Crippen molar-refractivity contribution < 1.29 is 34.3 Å². The summed E-state index contributed by atoms with van der Waals surface area (Å²) >= 11 is 0. The molecule has 1 aromatic heterocycles. The van der Waals surface area contributed by atoms with Gasteiger partial charge >= 0.3 is 5.69 Å². The van der Waals surface area contributed by atoms with Gasteiger partial charge in [-0.15, -0.1) is 0 Å². The van der Waals surface area contributed by atoms with Crippen LogP contribution in [0.1, 0.15) is 40.3 Å². The van der Waals surface area contributed by atoms with Gasteiger partial charge in [-0.3, -0.25) is 9.36 Å². The SMILES string of the molecule is CC=C(C)C(=O)Nc1ccn(C2CC(O)C(OC3OC(C)C(N(C)C)C(O)C3O)C(C)O2)c(=O)n1. The van der Waals surface area contributed by atoms with Crippen LogP contribution in [0.2, 0.25) is 0 Å². The number of aliphatic hydroxyl groups is 3. The Hall–Kier alpha value is -2.19. The standard InChI is InChI=1S/C23H36N4O8/c1-7-11(2)21(31)24-15-8-9-27(23(32)25-15)16-10-14(28)20(13(4)33-16)35-22-19(30)18(29)17(26(5)6)12(3)34-22/h7-9,12-14,16-20,22,28-30H,10H2,1-6H3,(H,24,25,31,32). The van der Waals surface area contributed by atoms with E-state index in [1.165, 1.54) is 16.8 Å². The second-order valence-corrected chi connectivity index (χ2v) is 9.27. The smallest absolute Gasteiger partial charge is 0.351 e. The zero-order valence-corrected chi connectivity index (χ0v) is 20.9. The fourth-order valence-corrected chi connectivity index (χ4v) is 4.47. The van der Waals surface area contributed by atoms with Gasteiger partial charge in [0, 0.05) is 18.2 Å². The molecule has 1 aromatic rings. The molecule has 2 saturated heterocycles. The van der Waals surface area contributed by atoms with Crippen LogP contribution in [0.5, 0.6) is 0 Å². The van der Waals surface area contributed by atoms with Crippen molar-refractivity contribution >= 4 is 11.7 Å². The van der Waals surface area contributed by atoms with Gasteiger partial charge in [-0.2, -0.15) is 4.98 Å². The van der Waals surface area contributed by atoms with Gasteiger partial charge in [0.05, 0.1) is 24.4 Å². The maximum absolute atomic E-state index is 12.6. The van der Waals surface area contributed by atoms with Crippen molar-refractivity contribution in [2.75, 3.05) is 19.4 Å². The maximum atomic E-state index is 12.6. The molecule has 0 aliphatic carbocycles. The quantitative estimate of drug-likeness (QED) is 0.382. The van der Waals surface area contributed by atoms with Crippen LogP contribution in [0.3, 0.4) is 0 Å². The Balaban J connectivity index is 1.67. The molecule has 2 aliphatic rings. The number of rotatable bonds is 6. The molecular formula is C23H36N4O8. The first-order chi connectivity index (χ1) is 16.4. The van der Waals surface area contributed by atoms with Crippen LogP contribution < -0.4 is 11.0 Å². The van der Waals surface area contributed by atoms with E-state index in [1.807, 2.05) is 0 Å². The number of nitrogens with zero attached hydrogens (tertiary/aromatic N) is 3. The molecule has 4 N–H and O–H groups in total. The molecule has 35 heavy (non-hydrogen) atoms. The number of amides is 1. The number of carbonyl (C=O) groups excluding carboxylic acids is 1. The molecule has 0 radical (unpaired) electrons. The molecule has 0 aromatic carbocycles. The molecule has 196 valence electrons. The summed E-state index contributed by atoms with van der Waals surface area (Å²) in [6.07, 6.45) is -4.34. The Bertz CT molecular complexity index is 971. The number of carbonyl (C=O) groups is 1. The fourth-order valence-electron chi connectivity index (χ4n) is 4.47. The minimum Gasteiger partial charge on any atom is -0.390 e. The van der Waals surface area contributed by atoms with E-state index in [1.54, 1.807) is 52.8 Å². The summed E-state index contributed by atoms with van der Waals surface area (Å²) in [6, 6.07) is 1.05. The number of hydrogen-bond donors (Lipinski definition) is 4. The predicted molar refractivity (Wildman–Crippen MR) is 125 cm³/mol. The summed E-state index contributed by atoms with van der Waals surface area (Å²) in [7, 11) is 3.56. The molecular weight excluding hydrogens is 460 g/mol. The van der Waals surface area contributed by atoms with Crippen molar-refractivity contribution in [1.29, 1.82) is 0 Å². The first-order valence-corrected chi connectivity index (χ1v) is 11.6. The third kappa shape index (κ3) is 5.97. The number of allylic oxidation sites excluding steroid dienone is 1. The van der Waals surface area contributed by atoms with E-state index in [0.717, 1.165) is 0 Å². The molecule has 9 atom stereocenters. The Labute approximate surface area is 204 Å². The van der Waals surface area contributed by atoms with Crippen LogP contribution in [0.15, 0.2) is 28.7 Å². The van der Waals surface area contributed by atoms with Crippen LogP contribution in [0.4, 0.5) is 5.82 Å². The lowest BCUT2D eigenvalue weighted by molar-refractivity contribution is -0.322. The Kier molecular flexibility index (Phi) is 8.81. The third-order valence-corrected chi connectivity index (χ3v) is 6.53. The van der Waals surface area contributed by atoms with Crippen LogP contribution in [-0.4, -0.2) is 98.7 Å². The lowest BCUT2D eigenvalue weighted by Crippen LogP contribution is -2.63.